The molecule has 0 N–H and O–H groups in total. The zero-order valence-corrected chi connectivity index (χ0v) is 10.9. The van der Waals surface area contributed by atoms with Crippen LogP contribution in [0.25, 0.3) is 20.2 Å². The van der Waals surface area contributed by atoms with Gasteiger partial charge in [-0.3, -0.25) is 4.79 Å². The molecule has 3 aromatic rings. The van der Waals surface area contributed by atoms with Crippen molar-refractivity contribution in [2.24, 2.45) is 0 Å². The van der Waals surface area contributed by atoms with Gasteiger partial charge < -0.3 is 0 Å². The summed E-state index contributed by atoms with van der Waals surface area (Å²) in [6.07, 6.45) is 0. The number of hydrogen-bond donors (Lipinski definition) is 0. The van der Waals surface area contributed by atoms with Gasteiger partial charge in [0.15, 0.2) is 5.43 Å². The first-order valence-corrected chi connectivity index (χ1v) is 6.54. The zero-order valence-electron chi connectivity index (χ0n) is 8.54. The second kappa shape index (κ2) is 3.98. The molecule has 0 bridgehead atoms. The molecule has 0 amide bonds. The summed E-state index contributed by atoms with van der Waals surface area (Å²) in [5.41, 5.74) is -0.0315. The summed E-state index contributed by atoms with van der Waals surface area (Å²) in [5.74, 6) is 0. The van der Waals surface area contributed by atoms with Crippen molar-refractivity contribution in [2.75, 3.05) is 0 Å². The highest BCUT2D eigenvalue weighted by Crippen LogP contribution is 2.31. The van der Waals surface area contributed by atoms with Gasteiger partial charge in [0.1, 0.15) is 0 Å². The number of benzene rings is 2. The lowest BCUT2D eigenvalue weighted by atomic mass is 10.2. The molecular weight excluding hydrogens is 275 g/mol. The topological polar surface area (TPSA) is 17.1 Å². The minimum absolute atomic E-state index is 0.0315. The van der Waals surface area contributed by atoms with Gasteiger partial charge in [-0.1, -0.05) is 35.3 Å². The Hall–Kier alpha value is -1.09. The molecule has 0 saturated carbocycles. The van der Waals surface area contributed by atoms with Crippen LogP contribution in [-0.4, -0.2) is 0 Å². The van der Waals surface area contributed by atoms with E-state index >= 15 is 0 Å². The SMILES string of the molecule is O=c1c2ccccc2sc2cc(Cl)cc(Cl)c12. The van der Waals surface area contributed by atoms with Crippen LogP contribution in [0.2, 0.25) is 10.0 Å². The van der Waals surface area contributed by atoms with Gasteiger partial charge in [-0.15, -0.1) is 11.3 Å². The lowest BCUT2D eigenvalue weighted by Crippen LogP contribution is -2.01. The Kier molecular flexibility index (Phi) is 2.58. The highest BCUT2D eigenvalue weighted by molar-refractivity contribution is 7.24. The molecule has 0 fully saturated rings. The second-order valence-electron chi connectivity index (χ2n) is 3.69. The Labute approximate surface area is 111 Å². The fourth-order valence-electron chi connectivity index (χ4n) is 1.85. The smallest absolute Gasteiger partial charge is 0.197 e. The predicted molar refractivity (Wildman–Crippen MR) is 75.6 cm³/mol. The highest BCUT2D eigenvalue weighted by atomic mass is 35.5. The molecule has 3 rings (SSSR count). The predicted octanol–water partition coefficient (Wildman–Crippen LogP) is 4.72. The third-order valence-corrected chi connectivity index (χ3v) is 4.23. The lowest BCUT2D eigenvalue weighted by Gasteiger charge is -2.03. The Balaban J connectivity index is 2.64. The monoisotopic (exact) mass is 280 g/mol. The molecule has 0 saturated heterocycles. The zero-order chi connectivity index (χ0) is 12.0. The standard InChI is InChI=1S/C13H6Cl2OS/c14-7-5-9(15)12-11(6-7)17-10-4-2-1-3-8(10)13(12)16/h1-6H. The molecule has 0 unspecified atom stereocenters. The van der Waals surface area contributed by atoms with Gasteiger partial charge >= 0.3 is 0 Å². The van der Waals surface area contributed by atoms with Crippen molar-refractivity contribution in [3.63, 3.8) is 0 Å². The van der Waals surface area contributed by atoms with Crippen LogP contribution in [0.15, 0.2) is 41.2 Å². The van der Waals surface area contributed by atoms with Crippen LogP contribution >= 0.6 is 34.5 Å². The number of fused-ring (bicyclic) bond motifs is 2. The summed E-state index contributed by atoms with van der Waals surface area (Å²) in [5, 5.41) is 2.22. The van der Waals surface area contributed by atoms with Gasteiger partial charge in [0.25, 0.3) is 0 Å². The molecule has 84 valence electrons. The van der Waals surface area contributed by atoms with Crippen LogP contribution in [-0.2, 0) is 0 Å². The molecule has 1 heterocycles. The van der Waals surface area contributed by atoms with Crippen LogP contribution in [0.1, 0.15) is 0 Å². The average Bonchev–Trinajstić information content (AvgIpc) is 2.28. The van der Waals surface area contributed by atoms with Crippen LogP contribution in [0, 0.1) is 0 Å². The first-order valence-electron chi connectivity index (χ1n) is 4.97. The molecule has 2 aromatic carbocycles. The molecule has 17 heavy (non-hydrogen) atoms. The van der Waals surface area contributed by atoms with Crippen LogP contribution in [0.5, 0.6) is 0 Å². The lowest BCUT2D eigenvalue weighted by molar-refractivity contribution is 1.74. The van der Waals surface area contributed by atoms with Crippen molar-refractivity contribution in [2.45, 2.75) is 0 Å². The summed E-state index contributed by atoms with van der Waals surface area (Å²) in [4.78, 5) is 12.3. The van der Waals surface area contributed by atoms with E-state index in [-0.39, 0.29) is 5.43 Å². The first kappa shape index (κ1) is 11.0. The molecule has 0 spiro atoms. The molecule has 0 atom stereocenters. The van der Waals surface area contributed by atoms with Gasteiger partial charge in [0, 0.05) is 19.8 Å². The summed E-state index contributed by atoms with van der Waals surface area (Å²) in [7, 11) is 0. The minimum atomic E-state index is -0.0315. The fourth-order valence-corrected chi connectivity index (χ4v) is 3.69. The maximum Gasteiger partial charge on any atom is 0.197 e. The van der Waals surface area contributed by atoms with Crippen molar-refractivity contribution in [1.29, 1.82) is 0 Å². The van der Waals surface area contributed by atoms with E-state index in [1.165, 1.54) is 11.3 Å². The first-order chi connectivity index (χ1) is 8.16. The van der Waals surface area contributed by atoms with Crippen LogP contribution in [0.3, 0.4) is 0 Å². The van der Waals surface area contributed by atoms with Gasteiger partial charge in [-0.2, -0.15) is 0 Å². The largest absolute Gasteiger partial charge is 0.288 e. The Morgan fingerprint density at radius 2 is 1.76 bits per heavy atom. The van der Waals surface area contributed by atoms with Crippen molar-refractivity contribution in [3.8, 4) is 0 Å². The fraction of sp³-hybridized carbons (Fsp3) is 0. The van der Waals surface area contributed by atoms with E-state index in [1.54, 1.807) is 12.1 Å². The third-order valence-electron chi connectivity index (χ3n) is 2.60. The van der Waals surface area contributed by atoms with Gasteiger partial charge in [-0.05, 0) is 24.3 Å². The van der Waals surface area contributed by atoms with E-state index in [0.717, 1.165) is 9.40 Å². The molecular formula is C13H6Cl2OS. The van der Waals surface area contributed by atoms with Crippen molar-refractivity contribution in [3.05, 3.63) is 56.7 Å². The minimum Gasteiger partial charge on any atom is -0.288 e. The van der Waals surface area contributed by atoms with Gasteiger partial charge in [0.2, 0.25) is 0 Å². The van der Waals surface area contributed by atoms with Gasteiger partial charge in [0.05, 0.1) is 10.4 Å². The van der Waals surface area contributed by atoms with Crippen LogP contribution in [0.4, 0.5) is 0 Å². The van der Waals surface area contributed by atoms with Crippen molar-refractivity contribution >= 4 is 54.7 Å². The van der Waals surface area contributed by atoms with E-state index in [9.17, 15) is 4.79 Å². The number of rotatable bonds is 0. The third kappa shape index (κ3) is 1.73. The second-order valence-corrected chi connectivity index (χ2v) is 5.62. The number of hydrogen-bond acceptors (Lipinski definition) is 2. The summed E-state index contributed by atoms with van der Waals surface area (Å²) in [6, 6.07) is 10.9. The van der Waals surface area contributed by atoms with Crippen molar-refractivity contribution < 1.29 is 0 Å². The molecule has 0 radical (unpaired) electrons. The summed E-state index contributed by atoms with van der Waals surface area (Å²) < 4.78 is 1.77. The highest BCUT2D eigenvalue weighted by Gasteiger charge is 2.09. The van der Waals surface area contributed by atoms with E-state index in [4.69, 9.17) is 23.2 Å². The molecule has 1 aromatic heterocycles. The van der Waals surface area contributed by atoms with E-state index in [1.807, 2.05) is 24.3 Å². The van der Waals surface area contributed by atoms with Gasteiger partial charge in [-0.25, -0.2) is 0 Å². The van der Waals surface area contributed by atoms with E-state index in [2.05, 4.69) is 0 Å². The molecule has 4 heteroatoms. The van der Waals surface area contributed by atoms with Crippen LogP contribution < -0.4 is 5.43 Å². The maximum absolute atomic E-state index is 12.3. The Morgan fingerprint density at radius 1 is 1.00 bits per heavy atom. The quantitative estimate of drug-likeness (QED) is 0.545. The van der Waals surface area contributed by atoms with Crippen molar-refractivity contribution in [1.82, 2.24) is 0 Å². The Bertz CT molecular complexity index is 792. The normalized spacial score (nSPS) is 11.2. The average molecular weight is 281 g/mol. The molecule has 1 nitrogen and oxygen atoms in total. The van der Waals surface area contributed by atoms with E-state index < -0.39 is 0 Å². The number of halogens is 2. The molecule has 0 aliphatic rings. The summed E-state index contributed by atoms with van der Waals surface area (Å²) in [6.45, 7) is 0. The Morgan fingerprint density at radius 3 is 2.59 bits per heavy atom. The molecule has 0 aliphatic carbocycles. The maximum atomic E-state index is 12.3. The summed E-state index contributed by atoms with van der Waals surface area (Å²) >= 11 is 13.6. The molecule has 0 aliphatic heterocycles. The van der Waals surface area contributed by atoms with E-state index in [0.29, 0.717) is 20.8 Å².